The zero-order valence-corrected chi connectivity index (χ0v) is 10.8. The van der Waals surface area contributed by atoms with Gasteiger partial charge in [0.15, 0.2) is 5.78 Å². The molecule has 0 radical (unpaired) electrons. The van der Waals surface area contributed by atoms with Crippen LogP contribution < -0.4 is 0 Å². The molecule has 0 fully saturated rings. The summed E-state index contributed by atoms with van der Waals surface area (Å²) >= 11 is 5.80. The molecule has 0 aliphatic heterocycles. The molecular formula is C16H10ClNO. The van der Waals surface area contributed by atoms with Crippen LogP contribution in [0.2, 0.25) is 5.02 Å². The van der Waals surface area contributed by atoms with Crippen molar-refractivity contribution < 1.29 is 4.79 Å². The minimum absolute atomic E-state index is 0.160. The minimum atomic E-state index is -0.160. The Kier molecular flexibility index (Phi) is 3.79. The molecule has 2 nitrogen and oxygen atoms in total. The average molecular weight is 268 g/mol. The maximum absolute atomic E-state index is 12.2. The van der Waals surface area contributed by atoms with Crippen molar-refractivity contribution in [1.29, 1.82) is 5.26 Å². The van der Waals surface area contributed by atoms with Gasteiger partial charge in [-0.05, 0) is 42.0 Å². The number of carbonyl (C=O) groups excluding carboxylic acids is 1. The SMILES string of the molecule is C=C(C(=O)c1ccc(C#N)cc1)c1ccc(Cl)cc1. The molecule has 0 saturated heterocycles. The van der Waals surface area contributed by atoms with Crippen LogP contribution in [0.1, 0.15) is 21.5 Å². The third-order valence-corrected chi connectivity index (χ3v) is 2.99. The Bertz CT molecular complexity index is 663. The molecular weight excluding hydrogens is 258 g/mol. The molecule has 0 aliphatic carbocycles. The van der Waals surface area contributed by atoms with Crippen LogP contribution in [0.15, 0.2) is 55.1 Å². The molecule has 0 saturated carbocycles. The first-order valence-electron chi connectivity index (χ1n) is 5.61. The first kappa shape index (κ1) is 13.1. The third-order valence-electron chi connectivity index (χ3n) is 2.74. The van der Waals surface area contributed by atoms with Crippen LogP contribution in [-0.2, 0) is 0 Å². The maximum atomic E-state index is 12.2. The second-order valence-corrected chi connectivity index (χ2v) is 4.44. The van der Waals surface area contributed by atoms with E-state index in [1.807, 2.05) is 6.07 Å². The monoisotopic (exact) mass is 267 g/mol. The first-order chi connectivity index (χ1) is 9.11. The number of carbonyl (C=O) groups is 1. The standard InChI is InChI=1S/C16H10ClNO/c1-11(13-6-8-15(17)9-7-13)16(19)14-4-2-12(10-18)3-5-14/h2-9H,1H2. The van der Waals surface area contributed by atoms with Crippen molar-refractivity contribution >= 4 is 23.0 Å². The molecule has 0 amide bonds. The number of nitriles is 1. The number of rotatable bonds is 3. The molecule has 0 bridgehead atoms. The Morgan fingerprint density at radius 3 is 2.05 bits per heavy atom. The number of ketones is 1. The summed E-state index contributed by atoms with van der Waals surface area (Å²) < 4.78 is 0. The van der Waals surface area contributed by atoms with Crippen molar-refractivity contribution in [3.05, 3.63) is 76.8 Å². The van der Waals surface area contributed by atoms with Crippen molar-refractivity contribution in [1.82, 2.24) is 0 Å². The lowest BCUT2D eigenvalue weighted by Crippen LogP contribution is -2.01. The Labute approximate surface area is 116 Å². The van der Waals surface area contributed by atoms with Gasteiger partial charge in [-0.15, -0.1) is 0 Å². The quantitative estimate of drug-likeness (QED) is 0.620. The number of allylic oxidation sites excluding steroid dienone is 1. The van der Waals surface area contributed by atoms with E-state index >= 15 is 0 Å². The minimum Gasteiger partial charge on any atom is -0.289 e. The predicted octanol–water partition coefficient (Wildman–Crippen LogP) is 4.11. The Morgan fingerprint density at radius 1 is 1.00 bits per heavy atom. The van der Waals surface area contributed by atoms with E-state index < -0.39 is 0 Å². The zero-order chi connectivity index (χ0) is 13.8. The molecule has 0 unspecified atom stereocenters. The van der Waals surface area contributed by atoms with Crippen molar-refractivity contribution in [2.75, 3.05) is 0 Å². The normalized spacial score (nSPS) is 9.68. The van der Waals surface area contributed by atoms with Gasteiger partial charge < -0.3 is 0 Å². The van der Waals surface area contributed by atoms with E-state index in [9.17, 15) is 4.79 Å². The molecule has 2 aromatic carbocycles. The molecule has 3 heteroatoms. The molecule has 0 atom stereocenters. The van der Waals surface area contributed by atoms with Crippen LogP contribution in [0.3, 0.4) is 0 Å². The van der Waals surface area contributed by atoms with E-state index in [-0.39, 0.29) is 5.78 Å². The van der Waals surface area contributed by atoms with Gasteiger partial charge in [-0.1, -0.05) is 30.3 Å². The van der Waals surface area contributed by atoms with Crippen LogP contribution in [0.4, 0.5) is 0 Å². The Balaban J connectivity index is 2.26. The fourth-order valence-electron chi connectivity index (χ4n) is 1.65. The Hall–Kier alpha value is -2.37. The maximum Gasteiger partial charge on any atom is 0.193 e. The fraction of sp³-hybridized carbons (Fsp3) is 0. The third kappa shape index (κ3) is 2.90. The van der Waals surface area contributed by atoms with Crippen LogP contribution in [-0.4, -0.2) is 5.78 Å². The molecule has 2 rings (SSSR count). The highest BCUT2D eigenvalue weighted by atomic mass is 35.5. The van der Waals surface area contributed by atoms with Gasteiger partial charge in [0.25, 0.3) is 0 Å². The van der Waals surface area contributed by atoms with Gasteiger partial charge in [0.05, 0.1) is 11.6 Å². The fourth-order valence-corrected chi connectivity index (χ4v) is 1.78. The van der Waals surface area contributed by atoms with E-state index in [1.165, 1.54) is 0 Å². The average Bonchev–Trinajstić information content (AvgIpc) is 2.46. The second-order valence-electron chi connectivity index (χ2n) is 4.00. The number of benzene rings is 2. The van der Waals surface area contributed by atoms with Crippen molar-refractivity contribution in [3.8, 4) is 6.07 Å². The van der Waals surface area contributed by atoms with Crippen molar-refractivity contribution in [2.45, 2.75) is 0 Å². The first-order valence-corrected chi connectivity index (χ1v) is 5.99. The lowest BCUT2D eigenvalue weighted by atomic mass is 9.98. The number of halogens is 1. The van der Waals surface area contributed by atoms with Gasteiger partial charge in [0.2, 0.25) is 0 Å². The number of Topliss-reactive ketones (excluding diaryl/α,β-unsaturated/α-hetero) is 1. The van der Waals surface area contributed by atoms with Crippen LogP contribution in [0.25, 0.3) is 5.57 Å². The summed E-state index contributed by atoms with van der Waals surface area (Å²) in [6.45, 7) is 3.82. The summed E-state index contributed by atoms with van der Waals surface area (Å²) in [5, 5.41) is 9.33. The van der Waals surface area contributed by atoms with E-state index in [4.69, 9.17) is 16.9 Å². The molecule has 0 aromatic heterocycles. The molecule has 0 N–H and O–H groups in total. The van der Waals surface area contributed by atoms with Gasteiger partial charge in [-0.2, -0.15) is 5.26 Å². The molecule has 0 spiro atoms. The van der Waals surface area contributed by atoms with Gasteiger partial charge in [0, 0.05) is 16.2 Å². The highest BCUT2D eigenvalue weighted by Gasteiger charge is 2.12. The lowest BCUT2D eigenvalue weighted by Gasteiger charge is -2.05. The highest BCUT2D eigenvalue weighted by molar-refractivity contribution is 6.31. The summed E-state index contributed by atoms with van der Waals surface area (Å²) in [6.07, 6.45) is 0. The van der Waals surface area contributed by atoms with E-state index in [1.54, 1.807) is 48.5 Å². The lowest BCUT2D eigenvalue weighted by molar-refractivity contribution is 0.105. The van der Waals surface area contributed by atoms with E-state index in [0.717, 1.165) is 5.56 Å². The van der Waals surface area contributed by atoms with E-state index in [0.29, 0.717) is 21.7 Å². The molecule has 2 aromatic rings. The molecule has 0 heterocycles. The van der Waals surface area contributed by atoms with Crippen molar-refractivity contribution in [2.24, 2.45) is 0 Å². The van der Waals surface area contributed by atoms with Gasteiger partial charge in [0.1, 0.15) is 0 Å². The summed E-state index contributed by atoms with van der Waals surface area (Å²) in [4.78, 5) is 12.2. The largest absolute Gasteiger partial charge is 0.289 e. The summed E-state index contributed by atoms with van der Waals surface area (Å²) in [5.41, 5.74) is 2.17. The van der Waals surface area contributed by atoms with Crippen LogP contribution >= 0.6 is 11.6 Å². The zero-order valence-electron chi connectivity index (χ0n) is 10.1. The molecule has 92 valence electrons. The van der Waals surface area contributed by atoms with Gasteiger partial charge in [-0.25, -0.2) is 0 Å². The Morgan fingerprint density at radius 2 is 1.53 bits per heavy atom. The predicted molar refractivity (Wildman–Crippen MR) is 76.0 cm³/mol. The number of hydrogen-bond acceptors (Lipinski definition) is 2. The van der Waals surface area contributed by atoms with Crippen LogP contribution in [0.5, 0.6) is 0 Å². The summed E-state index contributed by atoms with van der Waals surface area (Å²) in [6, 6.07) is 15.4. The molecule has 0 aliphatic rings. The van der Waals surface area contributed by atoms with Gasteiger partial charge in [-0.3, -0.25) is 4.79 Å². The summed E-state index contributed by atoms with van der Waals surface area (Å²) in [7, 11) is 0. The van der Waals surface area contributed by atoms with Crippen molar-refractivity contribution in [3.63, 3.8) is 0 Å². The summed E-state index contributed by atoms with van der Waals surface area (Å²) in [5.74, 6) is -0.160. The van der Waals surface area contributed by atoms with E-state index in [2.05, 4.69) is 6.58 Å². The topological polar surface area (TPSA) is 40.9 Å². The number of hydrogen-bond donors (Lipinski definition) is 0. The molecule has 19 heavy (non-hydrogen) atoms. The second kappa shape index (κ2) is 5.51. The smallest absolute Gasteiger partial charge is 0.193 e. The highest BCUT2D eigenvalue weighted by Crippen LogP contribution is 2.20. The van der Waals surface area contributed by atoms with Gasteiger partial charge >= 0.3 is 0 Å². The van der Waals surface area contributed by atoms with Crippen LogP contribution in [0, 0.1) is 11.3 Å². The number of nitrogens with zero attached hydrogens (tertiary/aromatic N) is 1.